The molecule has 25 heavy (non-hydrogen) atoms. The van der Waals surface area contributed by atoms with Crippen molar-refractivity contribution in [2.24, 2.45) is 7.05 Å². The zero-order valence-corrected chi connectivity index (χ0v) is 14.6. The summed E-state index contributed by atoms with van der Waals surface area (Å²) in [4.78, 5) is 28.8. The van der Waals surface area contributed by atoms with E-state index in [9.17, 15) is 14.7 Å². The normalized spacial score (nSPS) is 12.4. The number of aromatic nitrogens is 4. The van der Waals surface area contributed by atoms with Crippen LogP contribution in [-0.4, -0.2) is 36.9 Å². The number of H-pyrrole nitrogens is 2. The molecule has 0 saturated carbocycles. The number of hydrogen-bond acceptors (Lipinski definition) is 5. The predicted molar refractivity (Wildman–Crippen MR) is 95.7 cm³/mol. The van der Waals surface area contributed by atoms with Crippen LogP contribution in [0.5, 0.6) is 5.75 Å². The number of rotatable bonds is 5. The van der Waals surface area contributed by atoms with Gasteiger partial charge in [-0.2, -0.15) is 0 Å². The Morgan fingerprint density at radius 2 is 2.00 bits per heavy atom. The topological polar surface area (TPSA) is 105 Å². The molecule has 0 radical (unpaired) electrons. The number of nitrogens with one attached hydrogen (secondary N) is 2. The van der Waals surface area contributed by atoms with Crippen LogP contribution < -0.4 is 16.0 Å². The van der Waals surface area contributed by atoms with Crippen molar-refractivity contribution in [3.05, 3.63) is 55.4 Å². The highest BCUT2D eigenvalue weighted by Gasteiger charge is 2.16. The van der Waals surface area contributed by atoms with Gasteiger partial charge in [0, 0.05) is 7.05 Å². The van der Waals surface area contributed by atoms with Crippen LogP contribution in [0.4, 0.5) is 0 Å². The SMILES string of the molecule is Cc1ccccc1OC[C@H](O)Cn1c(=S)[nH]c2c1c(=O)[nH]c(=O)n2C. The summed E-state index contributed by atoms with van der Waals surface area (Å²) < 4.78 is 8.60. The van der Waals surface area contributed by atoms with E-state index in [2.05, 4.69) is 9.97 Å². The van der Waals surface area contributed by atoms with Crippen molar-refractivity contribution in [3.8, 4) is 5.75 Å². The Morgan fingerprint density at radius 1 is 1.28 bits per heavy atom. The Morgan fingerprint density at radius 3 is 2.72 bits per heavy atom. The lowest BCUT2D eigenvalue weighted by Gasteiger charge is -2.14. The molecule has 1 aromatic carbocycles. The Kier molecular flexibility index (Phi) is 4.60. The minimum atomic E-state index is -0.887. The molecule has 0 bridgehead atoms. The lowest BCUT2D eigenvalue weighted by Crippen LogP contribution is -2.30. The molecule has 0 fully saturated rings. The number of ether oxygens (including phenoxy) is 1. The number of fused-ring (bicyclic) bond motifs is 1. The van der Waals surface area contributed by atoms with Crippen LogP contribution in [0.15, 0.2) is 33.9 Å². The fourth-order valence-electron chi connectivity index (χ4n) is 2.61. The standard InChI is InChI=1S/C16H18N4O4S/c1-9-5-3-4-6-11(9)24-8-10(21)7-20-12-13(17-16(20)25)19(2)15(23)18-14(12)22/h3-6,10,21H,7-8H2,1-2H3,(H,17,25)(H,18,22,23)/t10-/m1/s1. The quantitative estimate of drug-likeness (QED) is 0.583. The van der Waals surface area contributed by atoms with Gasteiger partial charge in [-0.25, -0.2) is 4.79 Å². The second-order valence-electron chi connectivity index (χ2n) is 5.79. The molecule has 1 atom stereocenters. The number of benzene rings is 1. The lowest BCUT2D eigenvalue weighted by molar-refractivity contribution is 0.0927. The molecule has 3 N–H and O–H groups in total. The number of aromatic amines is 2. The maximum absolute atomic E-state index is 12.1. The van der Waals surface area contributed by atoms with Crippen molar-refractivity contribution < 1.29 is 9.84 Å². The predicted octanol–water partition coefficient (Wildman–Crippen LogP) is 0.834. The number of nitrogens with zero attached hydrogens (tertiary/aromatic N) is 2. The molecule has 9 heteroatoms. The van der Waals surface area contributed by atoms with E-state index in [4.69, 9.17) is 17.0 Å². The molecule has 0 aliphatic carbocycles. The Labute approximate surface area is 147 Å². The first-order chi connectivity index (χ1) is 11.9. The summed E-state index contributed by atoms with van der Waals surface area (Å²) >= 11 is 5.22. The maximum Gasteiger partial charge on any atom is 0.329 e. The van der Waals surface area contributed by atoms with Gasteiger partial charge in [0.15, 0.2) is 10.3 Å². The van der Waals surface area contributed by atoms with Crippen LogP contribution in [0.1, 0.15) is 5.56 Å². The third-order valence-corrected chi connectivity index (χ3v) is 4.28. The third kappa shape index (κ3) is 3.28. The molecule has 2 heterocycles. The summed E-state index contributed by atoms with van der Waals surface area (Å²) in [7, 11) is 1.52. The van der Waals surface area contributed by atoms with E-state index in [-0.39, 0.29) is 23.4 Å². The molecule has 132 valence electrons. The largest absolute Gasteiger partial charge is 0.491 e. The third-order valence-electron chi connectivity index (χ3n) is 3.96. The van der Waals surface area contributed by atoms with E-state index in [1.54, 1.807) is 0 Å². The van der Waals surface area contributed by atoms with Gasteiger partial charge in [-0.15, -0.1) is 0 Å². The Bertz CT molecular complexity index is 1090. The molecule has 0 aliphatic rings. The number of aliphatic hydroxyl groups excluding tert-OH is 1. The minimum absolute atomic E-state index is 0.0446. The minimum Gasteiger partial charge on any atom is -0.491 e. The second kappa shape index (κ2) is 6.69. The first kappa shape index (κ1) is 17.2. The van der Waals surface area contributed by atoms with Gasteiger partial charge in [-0.3, -0.25) is 14.3 Å². The van der Waals surface area contributed by atoms with Crippen LogP contribution >= 0.6 is 12.2 Å². The zero-order valence-electron chi connectivity index (χ0n) is 13.8. The van der Waals surface area contributed by atoms with Crippen LogP contribution in [-0.2, 0) is 13.6 Å². The number of imidazole rings is 1. The van der Waals surface area contributed by atoms with E-state index in [0.717, 1.165) is 5.56 Å². The molecule has 8 nitrogen and oxygen atoms in total. The molecule has 0 unspecified atom stereocenters. The van der Waals surface area contributed by atoms with Gasteiger partial charge in [0.2, 0.25) is 0 Å². The van der Waals surface area contributed by atoms with Crippen LogP contribution in [0, 0.1) is 11.7 Å². The summed E-state index contributed by atoms with van der Waals surface area (Å²) in [6, 6.07) is 7.49. The molecule has 3 aromatic rings. The van der Waals surface area contributed by atoms with Crippen LogP contribution in [0.3, 0.4) is 0 Å². The van der Waals surface area contributed by atoms with E-state index in [1.807, 2.05) is 31.2 Å². The summed E-state index contributed by atoms with van der Waals surface area (Å²) in [6.07, 6.45) is -0.887. The molecule has 3 rings (SSSR count). The molecule has 0 saturated heterocycles. The Balaban J connectivity index is 1.86. The van der Waals surface area contributed by atoms with Crippen molar-refractivity contribution in [1.82, 2.24) is 19.1 Å². The molecule has 0 aliphatic heterocycles. The number of para-hydroxylation sites is 1. The van der Waals surface area contributed by atoms with Gasteiger partial charge < -0.3 is 19.4 Å². The van der Waals surface area contributed by atoms with Gasteiger partial charge in [-0.05, 0) is 30.8 Å². The van der Waals surface area contributed by atoms with Gasteiger partial charge in [0.1, 0.15) is 24.1 Å². The molecule has 2 aromatic heterocycles. The smallest absolute Gasteiger partial charge is 0.329 e. The summed E-state index contributed by atoms with van der Waals surface area (Å²) in [5.74, 6) is 0.685. The number of aryl methyl sites for hydroxylation is 2. The fraction of sp³-hybridized carbons (Fsp3) is 0.312. The first-order valence-electron chi connectivity index (χ1n) is 7.67. The molecular formula is C16H18N4O4S. The summed E-state index contributed by atoms with van der Waals surface area (Å²) in [6.45, 7) is 2.02. The number of hydrogen-bond donors (Lipinski definition) is 3. The van der Waals surface area contributed by atoms with Crippen molar-refractivity contribution >= 4 is 23.4 Å². The summed E-state index contributed by atoms with van der Waals surface area (Å²) in [5.41, 5.74) is 0.388. The van der Waals surface area contributed by atoms with E-state index in [1.165, 1.54) is 16.2 Å². The van der Waals surface area contributed by atoms with Crippen molar-refractivity contribution in [1.29, 1.82) is 0 Å². The second-order valence-corrected chi connectivity index (χ2v) is 6.17. The maximum atomic E-state index is 12.1. The van der Waals surface area contributed by atoms with Gasteiger partial charge >= 0.3 is 5.69 Å². The van der Waals surface area contributed by atoms with Crippen LogP contribution in [0.25, 0.3) is 11.2 Å². The summed E-state index contributed by atoms with van der Waals surface area (Å²) in [5, 5.41) is 10.3. The monoisotopic (exact) mass is 362 g/mol. The van der Waals surface area contributed by atoms with Crippen molar-refractivity contribution in [2.75, 3.05) is 6.61 Å². The van der Waals surface area contributed by atoms with E-state index < -0.39 is 17.4 Å². The molecule has 0 amide bonds. The van der Waals surface area contributed by atoms with E-state index >= 15 is 0 Å². The van der Waals surface area contributed by atoms with Gasteiger partial charge in [0.25, 0.3) is 5.56 Å². The van der Waals surface area contributed by atoms with Crippen molar-refractivity contribution in [2.45, 2.75) is 19.6 Å². The Hall–Kier alpha value is -2.65. The zero-order chi connectivity index (χ0) is 18.1. The molecular weight excluding hydrogens is 344 g/mol. The lowest BCUT2D eigenvalue weighted by atomic mass is 10.2. The van der Waals surface area contributed by atoms with Gasteiger partial charge in [0.05, 0.1) is 6.54 Å². The van der Waals surface area contributed by atoms with Gasteiger partial charge in [-0.1, -0.05) is 18.2 Å². The first-order valence-corrected chi connectivity index (χ1v) is 8.07. The fourth-order valence-corrected chi connectivity index (χ4v) is 2.88. The highest BCUT2D eigenvalue weighted by atomic mass is 32.1. The average molecular weight is 362 g/mol. The van der Waals surface area contributed by atoms with Crippen molar-refractivity contribution in [3.63, 3.8) is 0 Å². The average Bonchev–Trinajstić information content (AvgIpc) is 2.89. The van der Waals surface area contributed by atoms with E-state index in [0.29, 0.717) is 11.4 Å². The highest BCUT2D eigenvalue weighted by molar-refractivity contribution is 7.71. The number of aliphatic hydroxyl groups is 1. The van der Waals surface area contributed by atoms with Crippen LogP contribution in [0.2, 0.25) is 0 Å². The molecule has 0 spiro atoms. The highest BCUT2D eigenvalue weighted by Crippen LogP contribution is 2.16.